The Morgan fingerprint density at radius 1 is 1.50 bits per heavy atom. The summed E-state index contributed by atoms with van der Waals surface area (Å²) in [5.41, 5.74) is 1.37. The van der Waals surface area contributed by atoms with Gasteiger partial charge in [-0.2, -0.15) is 5.10 Å². The van der Waals surface area contributed by atoms with Gasteiger partial charge in [0.15, 0.2) is 5.69 Å². The van der Waals surface area contributed by atoms with E-state index in [1.807, 2.05) is 13.8 Å². The number of H-pyrrole nitrogens is 1. The molecule has 2 N–H and O–H groups in total. The van der Waals surface area contributed by atoms with Crippen LogP contribution in [0.2, 0.25) is 5.02 Å². The van der Waals surface area contributed by atoms with Gasteiger partial charge in [0.2, 0.25) is 0 Å². The average molecular weight is 361 g/mol. The smallest absolute Gasteiger partial charge is 0.277 e. The Bertz CT molecular complexity index is 657. The topological polar surface area (TPSA) is 57.8 Å². The van der Waals surface area contributed by atoms with Crippen LogP contribution in [0.25, 0.3) is 0 Å². The number of nitrogens with zero attached hydrogens (tertiary/aromatic N) is 1. The van der Waals surface area contributed by atoms with Gasteiger partial charge in [0, 0.05) is 5.69 Å². The number of carbonyl (C=O) groups is 1. The van der Waals surface area contributed by atoms with E-state index in [4.69, 9.17) is 11.6 Å². The molecular formula is C13H12BrClFN3O. The molecule has 1 aromatic heterocycles. The quantitative estimate of drug-likeness (QED) is 0.855. The zero-order chi connectivity index (χ0) is 14.9. The molecule has 1 heterocycles. The predicted octanol–water partition coefficient (Wildman–Crippen LogP) is 4.34. The third-order valence-corrected chi connectivity index (χ3v) is 3.81. The van der Waals surface area contributed by atoms with Crippen LogP contribution in [0.1, 0.15) is 35.9 Å². The van der Waals surface area contributed by atoms with Gasteiger partial charge in [0.05, 0.1) is 15.2 Å². The number of rotatable bonds is 3. The lowest BCUT2D eigenvalue weighted by molar-refractivity contribution is 0.102. The third kappa shape index (κ3) is 3.02. The minimum atomic E-state index is -0.589. The van der Waals surface area contributed by atoms with Crippen molar-refractivity contribution in [3.63, 3.8) is 0 Å². The second-order valence-electron chi connectivity index (χ2n) is 4.54. The first kappa shape index (κ1) is 15.0. The minimum Gasteiger partial charge on any atom is -0.320 e. The van der Waals surface area contributed by atoms with Gasteiger partial charge < -0.3 is 5.32 Å². The number of anilines is 1. The van der Waals surface area contributed by atoms with Gasteiger partial charge in [-0.25, -0.2) is 4.39 Å². The van der Waals surface area contributed by atoms with Crippen molar-refractivity contribution in [2.75, 3.05) is 5.32 Å². The van der Waals surface area contributed by atoms with Crippen LogP contribution in [0.5, 0.6) is 0 Å². The molecule has 0 atom stereocenters. The van der Waals surface area contributed by atoms with Crippen LogP contribution in [0.15, 0.2) is 22.7 Å². The fourth-order valence-electron chi connectivity index (χ4n) is 1.64. The molecule has 0 fully saturated rings. The summed E-state index contributed by atoms with van der Waals surface area (Å²) in [5, 5.41) is 9.35. The number of halogens is 3. The molecule has 0 aliphatic heterocycles. The molecule has 106 valence electrons. The molecule has 0 aliphatic rings. The first-order chi connectivity index (χ1) is 9.40. The van der Waals surface area contributed by atoms with E-state index in [0.717, 1.165) is 11.8 Å². The van der Waals surface area contributed by atoms with Gasteiger partial charge >= 0.3 is 0 Å². The number of benzene rings is 1. The molecule has 0 saturated carbocycles. The van der Waals surface area contributed by atoms with Gasteiger partial charge in [0.25, 0.3) is 5.91 Å². The maximum atomic E-state index is 13.3. The normalized spacial score (nSPS) is 10.9. The second-order valence-corrected chi connectivity index (χ2v) is 5.74. The largest absolute Gasteiger partial charge is 0.320 e. The molecular weight excluding hydrogens is 349 g/mol. The minimum absolute atomic E-state index is 0.00560. The summed E-state index contributed by atoms with van der Waals surface area (Å²) in [6, 6.07) is 4.06. The highest BCUT2D eigenvalue weighted by atomic mass is 79.9. The first-order valence-electron chi connectivity index (χ1n) is 5.90. The Kier molecular flexibility index (Phi) is 4.45. The maximum Gasteiger partial charge on any atom is 0.277 e. The van der Waals surface area contributed by atoms with Crippen LogP contribution in [-0.4, -0.2) is 16.1 Å². The van der Waals surface area contributed by atoms with E-state index in [-0.39, 0.29) is 16.6 Å². The molecule has 0 saturated heterocycles. The summed E-state index contributed by atoms with van der Waals surface area (Å²) < 4.78 is 13.9. The fourth-order valence-corrected chi connectivity index (χ4v) is 2.57. The van der Waals surface area contributed by atoms with Crippen molar-refractivity contribution in [1.82, 2.24) is 10.2 Å². The summed E-state index contributed by atoms with van der Waals surface area (Å²) in [4.78, 5) is 12.1. The Balaban J connectivity index is 2.22. The van der Waals surface area contributed by atoms with Crippen molar-refractivity contribution >= 4 is 39.1 Å². The molecule has 0 aliphatic carbocycles. The summed E-state index contributed by atoms with van der Waals surface area (Å²) in [7, 11) is 0. The second kappa shape index (κ2) is 5.93. The highest BCUT2D eigenvalue weighted by molar-refractivity contribution is 9.10. The molecule has 1 aromatic carbocycles. The number of amides is 1. The summed E-state index contributed by atoms with van der Waals surface area (Å²) in [6.45, 7) is 3.96. The molecule has 0 spiro atoms. The van der Waals surface area contributed by atoms with E-state index in [2.05, 4.69) is 31.4 Å². The Labute approximate surface area is 128 Å². The van der Waals surface area contributed by atoms with Crippen LogP contribution in [0.4, 0.5) is 10.1 Å². The van der Waals surface area contributed by atoms with E-state index >= 15 is 0 Å². The highest BCUT2D eigenvalue weighted by Gasteiger charge is 2.19. The van der Waals surface area contributed by atoms with Gasteiger partial charge in [-0.3, -0.25) is 9.89 Å². The molecule has 0 unspecified atom stereocenters. The Morgan fingerprint density at radius 2 is 2.20 bits per heavy atom. The number of aromatic nitrogens is 2. The molecule has 7 heteroatoms. The lowest BCUT2D eigenvalue weighted by Crippen LogP contribution is -2.13. The molecule has 0 radical (unpaired) electrons. The highest BCUT2D eigenvalue weighted by Crippen LogP contribution is 2.26. The zero-order valence-electron chi connectivity index (χ0n) is 10.8. The monoisotopic (exact) mass is 359 g/mol. The lowest BCUT2D eigenvalue weighted by Gasteiger charge is -2.05. The number of nitrogens with one attached hydrogen (secondary N) is 2. The first-order valence-corrected chi connectivity index (χ1v) is 7.07. The van der Waals surface area contributed by atoms with Gasteiger partial charge in [-0.1, -0.05) is 25.4 Å². The average Bonchev–Trinajstić information content (AvgIpc) is 2.76. The maximum absolute atomic E-state index is 13.3. The summed E-state index contributed by atoms with van der Waals surface area (Å²) in [6.07, 6.45) is 0. The molecule has 20 heavy (non-hydrogen) atoms. The van der Waals surface area contributed by atoms with E-state index < -0.39 is 11.7 Å². The molecule has 4 nitrogen and oxygen atoms in total. The molecule has 2 aromatic rings. The van der Waals surface area contributed by atoms with E-state index in [9.17, 15) is 9.18 Å². The summed E-state index contributed by atoms with van der Waals surface area (Å²) in [5.74, 6) is -0.818. The van der Waals surface area contributed by atoms with Gasteiger partial charge in [-0.15, -0.1) is 0 Å². The van der Waals surface area contributed by atoms with E-state index in [1.165, 1.54) is 12.1 Å². The van der Waals surface area contributed by atoms with Crippen molar-refractivity contribution in [2.45, 2.75) is 19.8 Å². The SMILES string of the molecule is CC(C)c1[nH]nc(C(=O)Nc2ccc(Cl)c(F)c2)c1Br. The van der Waals surface area contributed by atoms with Crippen molar-refractivity contribution in [1.29, 1.82) is 0 Å². The van der Waals surface area contributed by atoms with Crippen molar-refractivity contribution in [2.24, 2.45) is 0 Å². The standard InChI is InChI=1S/C13H12BrClFN3O/c1-6(2)11-10(14)12(19-18-11)13(20)17-7-3-4-8(15)9(16)5-7/h3-6H,1-2H3,(H,17,20)(H,18,19). The van der Waals surface area contributed by atoms with E-state index in [1.54, 1.807) is 0 Å². The number of aromatic amines is 1. The molecule has 2 rings (SSSR count). The fraction of sp³-hybridized carbons (Fsp3) is 0.231. The third-order valence-electron chi connectivity index (χ3n) is 2.70. The number of hydrogen-bond donors (Lipinski definition) is 2. The predicted molar refractivity (Wildman–Crippen MR) is 79.7 cm³/mol. The summed E-state index contributed by atoms with van der Waals surface area (Å²) >= 11 is 8.93. The lowest BCUT2D eigenvalue weighted by atomic mass is 10.1. The molecule has 0 bridgehead atoms. The van der Waals surface area contributed by atoms with E-state index in [0.29, 0.717) is 10.2 Å². The molecule has 1 amide bonds. The van der Waals surface area contributed by atoms with Crippen molar-refractivity contribution < 1.29 is 9.18 Å². The van der Waals surface area contributed by atoms with Crippen LogP contribution in [0.3, 0.4) is 0 Å². The van der Waals surface area contributed by atoms with Crippen LogP contribution in [0, 0.1) is 5.82 Å². The Morgan fingerprint density at radius 3 is 2.75 bits per heavy atom. The number of carbonyl (C=O) groups excluding carboxylic acids is 1. The van der Waals surface area contributed by atoms with Crippen LogP contribution in [-0.2, 0) is 0 Å². The van der Waals surface area contributed by atoms with Crippen molar-refractivity contribution in [3.8, 4) is 0 Å². The van der Waals surface area contributed by atoms with Crippen molar-refractivity contribution in [3.05, 3.63) is 44.9 Å². The van der Waals surface area contributed by atoms with Gasteiger partial charge in [0.1, 0.15) is 5.82 Å². The zero-order valence-corrected chi connectivity index (χ0v) is 13.1. The Hall–Kier alpha value is -1.40. The van der Waals surface area contributed by atoms with Gasteiger partial charge in [-0.05, 0) is 40.0 Å². The van der Waals surface area contributed by atoms with Crippen LogP contribution < -0.4 is 5.32 Å². The van der Waals surface area contributed by atoms with Crippen LogP contribution >= 0.6 is 27.5 Å². The number of hydrogen-bond acceptors (Lipinski definition) is 2.